The van der Waals surface area contributed by atoms with Gasteiger partial charge < -0.3 is 24.8 Å². The summed E-state index contributed by atoms with van der Waals surface area (Å²) >= 11 is 0. The number of halogens is 2. The van der Waals surface area contributed by atoms with Crippen LogP contribution in [0.5, 0.6) is 11.5 Å². The van der Waals surface area contributed by atoms with E-state index in [-0.39, 0.29) is 17.4 Å². The number of nitrogens with zero attached hydrogens (tertiary/aromatic N) is 2. The molecule has 1 aromatic carbocycles. The van der Waals surface area contributed by atoms with Crippen molar-refractivity contribution in [3.8, 4) is 11.5 Å². The zero-order valence-electron chi connectivity index (χ0n) is 18.3. The molecule has 2 aliphatic rings. The van der Waals surface area contributed by atoms with Gasteiger partial charge in [0.1, 0.15) is 11.6 Å². The molecule has 0 radical (unpaired) electrons. The van der Waals surface area contributed by atoms with Gasteiger partial charge in [0.05, 0.1) is 5.92 Å². The Kier molecular flexibility index (Phi) is 5.60. The molecule has 0 amide bonds. The number of rotatable bonds is 6. The van der Waals surface area contributed by atoms with Crippen molar-refractivity contribution in [2.75, 3.05) is 29.9 Å². The quantitative estimate of drug-likeness (QED) is 0.679. The summed E-state index contributed by atoms with van der Waals surface area (Å²) in [6.07, 6.45) is -2.15. The van der Waals surface area contributed by atoms with Crippen molar-refractivity contribution in [2.24, 2.45) is 5.92 Å². The lowest BCUT2D eigenvalue weighted by Crippen LogP contribution is -2.39. The number of benzene rings is 1. The fourth-order valence-electron chi connectivity index (χ4n) is 4.09. The first-order valence-corrected chi connectivity index (χ1v) is 10.6. The van der Waals surface area contributed by atoms with Crippen molar-refractivity contribution in [3.63, 3.8) is 0 Å². The van der Waals surface area contributed by atoms with E-state index in [9.17, 15) is 18.7 Å². The highest BCUT2D eigenvalue weighted by atomic mass is 19.3. The fraction of sp³-hybridized carbons (Fsp3) is 0.478. The normalized spacial score (nSPS) is 19.7. The summed E-state index contributed by atoms with van der Waals surface area (Å²) < 4.78 is 35.7. The number of piperidine rings is 1. The minimum atomic E-state index is -3.64. The van der Waals surface area contributed by atoms with Crippen LogP contribution in [-0.4, -0.2) is 42.0 Å². The lowest BCUT2D eigenvalue weighted by atomic mass is 9.84. The number of nitrogens with one attached hydrogen (secondary N) is 1. The van der Waals surface area contributed by atoms with E-state index in [1.54, 1.807) is 12.1 Å². The maximum Gasteiger partial charge on any atom is 0.586 e. The Balaban J connectivity index is 1.47. The molecule has 2 N–H and O–H groups in total. The molecule has 2 aromatic rings. The topological polar surface area (TPSA) is 83.9 Å². The van der Waals surface area contributed by atoms with E-state index in [0.29, 0.717) is 25.3 Å². The predicted molar refractivity (Wildman–Crippen MR) is 116 cm³/mol. The molecule has 3 heterocycles. The molecule has 1 unspecified atom stereocenters. The van der Waals surface area contributed by atoms with Crippen LogP contribution in [0.1, 0.15) is 37.8 Å². The molecule has 1 saturated heterocycles. The van der Waals surface area contributed by atoms with Gasteiger partial charge in [-0.25, -0.2) is 4.98 Å². The van der Waals surface area contributed by atoms with E-state index in [1.165, 1.54) is 6.07 Å². The van der Waals surface area contributed by atoms with Crippen LogP contribution in [0.3, 0.4) is 0 Å². The van der Waals surface area contributed by atoms with Crippen molar-refractivity contribution >= 4 is 17.6 Å². The number of alkyl halides is 2. The van der Waals surface area contributed by atoms with Crippen molar-refractivity contribution in [1.29, 1.82) is 0 Å². The van der Waals surface area contributed by atoms with E-state index in [4.69, 9.17) is 4.98 Å². The van der Waals surface area contributed by atoms with Gasteiger partial charge in [-0.05, 0) is 49.1 Å². The number of fused-ring (bicyclic) bond motifs is 1. The number of pyridine rings is 1. The highest BCUT2D eigenvalue weighted by Crippen LogP contribution is 2.43. The first-order valence-electron chi connectivity index (χ1n) is 10.6. The van der Waals surface area contributed by atoms with Gasteiger partial charge in [-0.2, -0.15) is 0 Å². The number of ether oxygens (including phenoxy) is 2. The number of aromatic nitrogens is 1. The lowest BCUT2D eigenvalue weighted by Gasteiger charge is -2.33. The fourth-order valence-corrected chi connectivity index (χ4v) is 4.09. The standard InChI is InChI=1S/C23H27F2N3O4/c1-14-6-9-19(27-20(14)28-10-4-5-15(12-28)21(29)30)26-13-22(2,3)16-7-8-17-18(11-16)32-23(24,25)31-17/h6-9,11,15H,4-5,10,12-13H2,1-3H3,(H,26,27)(H,29,30). The van der Waals surface area contributed by atoms with Crippen LogP contribution in [0.15, 0.2) is 30.3 Å². The summed E-state index contributed by atoms with van der Waals surface area (Å²) in [5, 5.41) is 12.7. The third kappa shape index (κ3) is 4.56. The van der Waals surface area contributed by atoms with Crippen molar-refractivity contribution < 1.29 is 28.2 Å². The second-order valence-corrected chi connectivity index (χ2v) is 9.03. The third-order valence-corrected chi connectivity index (χ3v) is 6.03. The highest BCUT2D eigenvalue weighted by molar-refractivity contribution is 5.71. The molecule has 4 rings (SSSR count). The van der Waals surface area contributed by atoms with Crippen LogP contribution < -0.4 is 19.7 Å². The molecule has 0 aliphatic carbocycles. The first-order chi connectivity index (χ1) is 15.0. The largest absolute Gasteiger partial charge is 0.586 e. The SMILES string of the molecule is Cc1ccc(NCC(C)(C)c2ccc3c(c2)OC(F)(F)O3)nc1N1CCCC(C(=O)O)C1. The summed E-state index contributed by atoms with van der Waals surface area (Å²) in [5.41, 5.74) is 1.39. The zero-order chi connectivity index (χ0) is 23.1. The average molecular weight is 447 g/mol. The van der Waals surface area contributed by atoms with Gasteiger partial charge in [-0.1, -0.05) is 26.0 Å². The van der Waals surface area contributed by atoms with Crippen LogP contribution >= 0.6 is 0 Å². The molecule has 9 heteroatoms. The zero-order valence-corrected chi connectivity index (χ0v) is 18.3. The van der Waals surface area contributed by atoms with Crippen molar-refractivity contribution in [1.82, 2.24) is 4.98 Å². The van der Waals surface area contributed by atoms with Crippen LogP contribution in [0.25, 0.3) is 0 Å². The highest BCUT2D eigenvalue weighted by Gasteiger charge is 2.43. The Labute approximate surface area is 185 Å². The Hall–Kier alpha value is -3.10. The molecule has 0 bridgehead atoms. The maximum absolute atomic E-state index is 13.3. The number of carbonyl (C=O) groups is 1. The van der Waals surface area contributed by atoms with Gasteiger partial charge in [0.25, 0.3) is 0 Å². The van der Waals surface area contributed by atoms with Crippen molar-refractivity contribution in [2.45, 2.75) is 45.3 Å². The van der Waals surface area contributed by atoms with Crippen LogP contribution in [0.4, 0.5) is 20.4 Å². The molecule has 7 nitrogen and oxygen atoms in total. The van der Waals surface area contributed by atoms with Crippen LogP contribution in [0.2, 0.25) is 0 Å². The number of carboxylic acid groups (broad SMARTS) is 1. The Bertz CT molecular complexity index is 1030. The number of aliphatic carboxylic acids is 1. The summed E-state index contributed by atoms with van der Waals surface area (Å²) in [5.74, 6) is 0.333. The van der Waals surface area contributed by atoms with Gasteiger partial charge in [0.15, 0.2) is 11.5 Å². The minimum absolute atomic E-state index is 0.0218. The summed E-state index contributed by atoms with van der Waals surface area (Å²) in [6.45, 7) is 7.66. The van der Waals surface area contributed by atoms with Crippen LogP contribution in [-0.2, 0) is 10.2 Å². The van der Waals surface area contributed by atoms with E-state index in [2.05, 4.69) is 14.8 Å². The lowest BCUT2D eigenvalue weighted by molar-refractivity contribution is -0.286. The molecule has 1 atom stereocenters. The smallest absolute Gasteiger partial charge is 0.481 e. The Morgan fingerprint density at radius 3 is 2.78 bits per heavy atom. The maximum atomic E-state index is 13.3. The molecule has 172 valence electrons. The van der Waals surface area contributed by atoms with E-state index < -0.39 is 17.7 Å². The molecule has 32 heavy (non-hydrogen) atoms. The minimum Gasteiger partial charge on any atom is -0.481 e. The third-order valence-electron chi connectivity index (χ3n) is 6.03. The average Bonchev–Trinajstić information content (AvgIpc) is 3.06. The molecular weight excluding hydrogens is 420 g/mol. The summed E-state index contributed by atoms with van der Waals surface area (Å²) in [6, 6.07) is 8.66. The number of hydrogen-bond acceptors (Lipinski definition) is 6. The van der Waals surface area contributed by atoms with Gasteiger partial charge in [-0.3, -0.25) is 4.79 Å². The second kappa shape index (κ2) is 8.11. The van der Waals surface area contributed by atoms with Gasteiger partial charge in [0, 0.05) is 25.0 Å². The first kappa shape index (κ1) is 22.1. The molecule has 2 aliphatic heterocycles. The van der Waals surface area contributed by atoms with E-state index >= 15 is 0 Å². The van der Waals surface area contributed by atoms with Crippen molar-refractivity contribution in [3.05, 3.63) is 41.5 Å². The van der Waals surface area contributed by atoms with E-state index in [0.717, 1.165) is 29.9 Å². The number of anilines is 2. The van der Waals surface area contributed by atoms with Crippen LogP contribution in [0, 0.1) is 12.8 Å². The summed E-state index contributed by atoms with van der Waals surface area (Å²) in [4.78, 5) is 18.2. The number of hydrogen-bond donors (Lipinski definition) is 2. The number of carboxylic acids is 1. The molecular formula is C23H27F2N3O4. The predicted octanol–water partition coefficient (Wildman–Crippen LogP) is 4.40. The van der Waals surface area contributed by atoms with Gasteiger partial charge in [0.2, 0.25) is 0 Å². The Morgan fingerprint density at radius 2 is 2.03 bits per heavy atom. The van der Waals surface area contributed by atoms with Gasteiger partial charge in [-0.15, -0.1) is 8.78 Å². The second-order valence-electron chi connectivity index (χ2n) is 9.03. The monoisotopic (exact) mass is 447 g/mol. The molecule has 0 saturated carbocycles. The Morgan fingerprint density at radius 1 is 1.28 bits per heavy atom. The van der Waals surface area contributed by atoms with E-state index in [1.807, 2.05) is 37.8 Å². The summed E-state index contributed by atoms with van der Waals surface area (Å²) in [7, 11) is 0. The molecule has 1 aromatic heterocycles. The molecule has 0 spiro atoms. The van der Waals surface area contributed by atoms with Gasteiger partial charge >= 0.3 is 12.3 Å². The number of aryl methyl sites for hydroxylation is 1. The molecule has 1 fully saturated rings.